The van der Waals surface area contributed by atoms with Crippen LogP contribution in [0.4, 0.5) is 0 Å². The second kappa shape index (κ2) is 6.91. The number of hydrogen-bond acceptors (Lipinski definition) is 3. The summed E-state index contributed by atoms with van der Waals surface area (Å²) in [6, 6.07) is 6.00. The number of halogens is 1. The van der Waals surface area contributed by atoms with E-state index in [1.54, 1.807) is 0 Å². The number of carbonyl (C=O) groups excluding carboxylic acids is 1. The van der Waals surface area contributed by atoms with Crippen LogP contribution in [0.15, 0.2) is 22.7 Å². The zero-order valence-corrected chi connectivity index (χ0v) is 12.4. The monoisotopic (exact) mass is 326 g/mol. The predicted octanol–water partition coefficient (Wildman–Crippen LogP) is 2.35. The van der Waals surface area contributed by atoms with Crippen molar-refractivity contribution >= 4 is 21.8 Å². The van der Waals surface area contributed by atoms with Gasteiger partial charge in [-0.2, -0.15) is 0 Å². The Bertz CT molecular complexity index is 445. The van der Waals surface area contributed by atoms with Crippen molar-refractivity contribution in [2.45, 2.75) is 38.3 Å². The molecule has 0 atom stereocenters. The molecule has 1 amide bonds. The van der Waals surface area contributed by atoms with E-state index >= 15 is 0 Å². The maximum absolute atomic E-state index is 11.8. The Kier molecular flexibility index (Phi) is 5.22. The highest BCUT2D eigenvalue weighted by Gasteiger charge is 2.17. The number of ether oxygens (including phenoxy) is 1. The average Bonchev–Trinajstić information content (AvgIpc) is 2.89. The minimum atomic E-state index is -0.0642. The molecule has 104 valence electrons. The van der Waals surface area contributed by atoms with E-state index in [4.69, 9.17) is 10.5 Å². The Labute approximate surface area is 121 Å². The fraction of sp³-hybridized carbons (Fsp3) is 0.500. The molecule has 0 bridgehead atoms. The first-order valence-corrected chi connectivity index (χ1v) is 7.39. The van der Waals surface area contributed by atoms with Crippen LogP contribution in [0.3, 0.4) is 0 Å². The fourth-order valence-corrected chi connectivity index (χ4v) is 2.87. The van der Waals surface area contributed by atoms with Gasteiger partial charge in [-0.15, -0.1) is 0 Å². The van der Waals surface area contributed by atoms with Gasteiger partial charge in [-0.25, -0.2) is 0 Å². The SMILES string of the molecule is NCc1cccc(Br)c1OCC(=O)NC1CCCC1. The molecule has 0 heterocycles. The highest BCUT2D eigenvalue weighted by Crippen LogP contribution is 2.28. The lowest BCUT2D eigenvalue weighted by atomic mass is 10.2. The van der Waals surface area contributed by atoms with Crippen molar-refractivity contribution in [3.63, 3.8) is 0 Å². The zero-order chi connectivity index (χ0) is 13.7. The van der Waals surface area contributed by atoms with E-state index < -0.39 is 0 Å². The van der Waals surface area contributed by atoms with Gasteiger partial charge in [-0.1, -0.05) is 25.0 Å². The summed E-state index contributed by atoms with van der Waals surface area (Å²) >= 11 is 3.41. The molecule has 0 spiro atoms. The summed E-state index contributed by atoms with van der Waals surface area (Å²) in [6.45, 7) is 0.422. The van der Waals surface area contributed by atoms with Crippen molar-refractivity contribution < 1.29 is 9.53 Å². The Morgan fingerprint density at radius 3 is 2.84 bits per heavy atom. The summed E-state index contributed by atoms with van der Waals surface area (Å²) in [5.41, 5.74) is 6.55. The van der Waals surface area contributed by atoms with E-state index in [1.807, 2.05) is 18.2 Å². The van der Waals surface area contributed by atoms with Gasteiger partial charge in [0.1, 0.15) is 5.75 Å². The molecule has 1 fully saturated rings. The molecule has 1 aliphatic rings. The third-order valence-corrected chi connectivity index (χ3v) is 3.96. The Morgan fingerprint density at radius 2 is 2.16 bits per heavy atom. The first kappa shape index (κ1) is 14.3. The highest BCUT2D eigenvalue weighted by atomic mass is 79.9. The minimum Gasteiger partial charge on any atom is -0.482 e. The van der Waals surface area contributed by atoms with Gasteiger partial charge in [0.2, 0.25) is 0 Å². The fourth-order valence-electron chi connectivity index (χ4n) is 2.35. The summed E-state index contributed by atoms with van der Waals surface area (Å²) in [6.07, 6.45) is 4.56. The molecule has 19 heavy (non-hydrogen) atoms. The molecule has 0 unspecified atom stereocenters. The molecule has 1 aromatic rings. The molecule has 5 heteroatoms. The maximum atomic E-state index is 11.8. The lowest BCUT2D eigenvalue weighted by Crippen LogP contribution is -2.36. The van der Waals surface area contributed by atoms with Gasteiger partial charge in [0.05, 0.1) is 4.47 Å². The van der Waals surface area contributed by atoms with E-state index in [0.29, 0.717) is 18.3 Å². The topological polar surface area (TPSA) is 64.3 Å². The molecule has 1 aliphatic carbocycles. The van der Waals surface area contributed by atoms with Gasteiger partial charge in [-0.05, 0) is 34.8 Å². The summed E-state index contributed by atoms with van der Waals surface area (Å²) in [5.74, 6) is 0.595. The molecule has 0 aromatic heterocycles. The highest BCUT2D eigenvalue weighted by molar-refractivity contribution is 9.10. The molecule has 2 rings (SSSR count). The van der Waals surface area contributed by atoms with Gasteiger partial charge in [0.15, 0.2) is 6.61 Å². The van der Waals surface area contributed by atoms with Crippen LogP contribution >= 0.6 is 15.9 Å². The number of nitrogens with two attached hydrogens (primary N) is 1. The summed E-state index contributed by atoms with van der Waals surface area (Å²) < 4.78 is 6.42. The summed E-state index contributed by atoms with van der Waals surface area (Å²) in [7, 11) is 0. The van der Waals surface area contributed by atoms with Crippen LogP contribution in [0.5, 0.6) is 5.75 Å². The van der Waals surface area contributed by atoms with Crippen LogP contribution in [-0.2, 0) is 11.3 Å². The molecular formula is C14H19BrN2O2. The molecular weight excluding hydrogens is 308 g/mol. The first-order chi connectivity index (χ1) is 9.20. The minimum absolute atomic E-state index is 0.0338. The molecule has 3 N–H and O–H groups in total. The summed E-state index contributed by atoms with van der Waals surface area (Å²) in [4.78, 5) is 11.8. The van der Waals surface area contributed by atoms with E-state index in [9.17, 15) is 4.79 Å². The standard InChI is InChI=1S/C14H19BrN2O2/c15-12-7-3-4-10(8-16)14(12)19-9-13(18)17-11-5-1-2-6-11/h3-4,7,11H,1-2,5-6,8-9,16H2,(H,17,18). The predicted molar refractivity (Wildman–Crippen MR) is 77.9 cm³/mol. The normalized spacial score (nSPS) is 15.5. The third kappa shape index (κ3) is 3.94. The van der Waals surface area contributed by atoms with Crippen molar-refractivity contribution in [1.82, 2.24) is 5.32 Å². The second-order valence-electron chi connectivity index (χ2n) is 4.77. The number of nitrogens with one attached hydrogen (secondary N) is 1. The van der Waals surface area contributed by atoms with Crippen LogP contribution in [0, 0.1) is 0 Å². The molecule has 0 saturated heterocycles. The second-order valence-corrected chi connectivity index (χ2v) is 5.62. The van der Waals surface area contributed by atoms with Crippen molar-refractivity contribution in [1.29, 1.82) is 0 Å². The smallest absolute Gasteiger partial charge is 0.258 e. The van der Waals surface area contributed by atoms with Crippen molar-refractivity contribution in [2.75, 3.05) is 6.61 Å². The number of hydrogen-bond donors (Lipinski definition) is 2. The Balaban J connectivity index is 1.89. The van der Waals surface area contributed by atoms with Crippen molar-refractivity contribution in [3.05, 3.63) is 28.2 Å². The van der Waals surface area contributed by atoms with E-state index in [0.717, 1.165) is 22.9 Å². The van der Waals surface area contributed by atoms with Crippen LogP contribution in [0.25, 0.3) is 0 Å². The average molecular weight is 327 g/mol. The maximum Gasteiger partial charge on any atom is 0.258 e. The first-order valence-electron chi connectivity index (χ1n) is 6.60. The quantitative estimate of drug-likeness (QED) is 0.872. The summed E-state index contributed by atoms with van der Waals surface area (Å²) in [5, 5.41) is 3.00. The van der Waals surface area contributed by atoms with Gasteiger partial charge in [0, 0.05) is 18.2 Å². The van der Waals surface area contributed by atoms with E-state index in [-0.39, 0.29) is 12.5 Å². The number of benzene rings is 1. The number of amides is 1. The number of para-hydroxylation sites is 1. The lowest BCUT2D eigenvalue weighted by Gasteiger charge is -2.14. The number of rotatable bonds is 5. The molecule has 1 saturated carbocycles. The van der Waals surface area contributed by atoms with Crippen LogP contribution in [0.1, 0.15) is 31.2 Å². The lowest BCUT2D eigenvalue weighted by molar-refractivity contribution is -0.123. The van der Waals surface area contributed by atoms with Gasteiger partial charge in [-0.3, -0.25) is 4.79 Å². The van der Waals surface area contributed by atoms with E-state index in [1.165, 1.54) is 12.8 Å². The van der Waals surface area contributed by atoms with E-state index in [2.05, 4.69) is 21.2 Å². The van der Waals surface area contributed by atoms with Crippen molar-refractivity contribution in [2.24, 2.45) is 5.73 Å². The number of carbonyl (C=O) groups is 1. The third-order valence-electron chi connectivity index (χ3n) is 3.34. The molecule has 0 aliphatic heterocycles. The molecule has 4 nitrogen and oxygen atoms in total. The van der Waals surface area contributed by atoms with Gasteiger partial charge in [0.25, 0.3) is 5.91 Å². The van der Waals surface area contributed by atoms with Crippen LogP contribution in [-0.4, -0.2) is 18.6 Å². The largest absolute Gasteiger partial charge is 0.482 e. The van der Waals surface area contributed by atoms with Gasteiger partial charge >= 0.3 is 0 Å². The van der Waals surface area contributed by atoms with Crippen LogP contribution < -0.4 is 15.8 Å². The Morgan fingerprint density at radius 1 is 1.42 bits per heavy atom. The zero-order valence-electron chi connectivity index (χ0n) is 10.8. The van der Waals surface area contributed by atoms with Crippen LogP contribution in [0.2, 0.25) is 0 Å². The Hall–Kier alpha value is -1.07. The van der Waals surface area contributed by atoms with Gasteiger partial charge < -0.3 is 15.8 Å². The van der Waals surface area contributed by atoms with Crippen molar-refractivity contribution in [3.8, 4) is 5.75 Å². The molecule has 1 aromatic carbocycles. The molecule has 0 radical (unpaired) electrons.